The van der Waals surface area contributed by atoms with Gasteiger partial charge >= 0.3 is 6.61 Å². The highest BCUT2D eigenvalue weighted by molar-refractivity contribution is 5.99. The lowest BCUT2D eigenvalue weighted by Gasteiger charge is -2.27. The number of hydrogen-bond acceptors (Lipinski definition) is 3. The number of rotatable bonds is 5. The Morgan fingerprint density at radius 1 is 1.31 bits per heavy atom. The van der Waals surface area contributed by atoms with Gasteiger partial charge in [-0.15, -0.1) is 0 Å². The molecule has 1 aromatic carbocycles. The van der Waals surface area contributed by atoms with Gasteiger partial charge < -0.3 is 14.6 Å². The maximum absolute atomic E-state index is 12.6. The zero-order valence-corrected chi connectivity index (χ0v) is 14.6. The highest BCUT2D eigenvalue weighted by atomic mass is 19.3. The van der Waals surface area contributed by atoms with Crippen LogP contribution in [0.5, 0.6) is 5.75 Å². The molecule has 3 rings (SSSR count). The number of aryl methyl sites for hydroxylation is 2. The third kappa shape index (κ3) is 3.76. The molecule has 1 aliphatic rings. The van der Waals surface area contributed by atoms with Gasteiger partial charge in [0, 0.05) is 18.8 Å². The molecule has 0 saturated carbocycles. The van der Waals surface area contributed by atoms with E-state index >= 15 is 0 Å². The number of hydrogen-bond donors (Lipinski definition) is 1. The van der Waals surface area contributed by atoms with E-state index in [1.54, 1.807) is 36.0 Å². The van der Waals surface area contributed by atoms with E-state index in [-0.39, 0.29) is 23.5 Å². The van der Waals surface area contributed by atoms with Gasteiger partial charge in [-0.2, -0.15) is 8.78 Å². The van der Waals surface area contributed by atoms with Crippen molar-refractivity contribution in [3.05, 3.63) is 52.8 Å². The molecule has 1 N–H and O–H groups in total. The van der Waals surface area contributed by atoms with Crippen molar-refractivity contribution in [1.29, 1.82) is 0 Å². The normalized spacial score (nSPS) is 16.3. The monoisotopic (exact) mass is 362 g/mol. The first-order chi connectivity index (χ1) is 12.3. The number of nitrogens with zero attached hydrogens (tertiary/aromatic N) is 1. The average Bonchev–Trinajstić information content (AvgIpc) is 2.96. The van der Waals surface area contributed by atoms with Crippen molar-refractivity contribution in [1.82, 2.24) is 9.88 Å². The predicted octanol–water partition coefficient (Wildman–Crippen LogP) is 3.64. The van der Waals surface area contributed by atoms with Crippen molar-refractivity contribution in [2.45, 2.75) is 38.8 Å². The molecule has 26 heavy (non-hydrogen) atoms. The Morgan fingerprint density at radius 3 is 2.73 bits per heavy atom. The van der Waals surface area contributed by atoms with Gasteiger partial charge in [0.15, 0.2) is 5.78 Å². The van der Waals surface area contributed by atoms with Gasteiger partial charge in [0.1, 0.15) is 11.4 Å². The summed E-state index contributed by atoms with van der Waals surface area (Å²) in [4.78, 5) is 24.1. The van der Waals surface area contributed by atoms with E-state index < -0.39 is 6.61 Å². The van der Waals surface area contributed by atoms with Crippen molar-refractivity contribution < 1.29 is 23.1 Å². The first-order valence-electron chi connectivity index (χ1n) is 8.41. The van der Waals surface area contributed by atoms with Crippen LogP contribution in [0.2, 0.25) is 0 Å². The van der Waals surface area contributed by atoms with Crippen LogP contribution in [0, 0.1) is 0 Å². The first-order valence-corrected chi connectivity index (χ1v) is 8.41. The fourth-order valence-corrected chi connectivity index (χ4v) is 3.33. The highest BCUT2D eigenvalue weighted by Crippen LogP contribution is 2.33. The quantitative estimate of drug-likeness (QED) is 0.826. The number of carbonyl (C=O) groups excluding carboxylic acids is 2. The number of benzene rings is 1. The molecule has 0 fully saturated rings. The summed E-state index contributed by atoms with van der Waals surface area (Å²) in [6, 6.07) is 6.19. The zero-order chi connectivity index (χ0) is 18.8. The minimum Gasteiger partial charge on any atom is -0.435 e. The minimum absolute atomic E-state index is 0.103. The average molecular weight is 362 g/mol. The van der Waals surface area contributed by atoms with Crippen molar-refractivity contribution in [2.75, 3.05) is 0 Å². The first kappa shape index (κ1) is 18.1. The highest BCUT2D eigenvalue weighted by Gasteiger charge is 2.24. The smallest absolute Gasteiger partial charge is 0.387 e. The van der Waals surface area contributed by atoms with E-state index in [4.69, 9.17) is 0 Å². The summed E-state index contributed by atoms with van der Waals surface area (Å²) in [6.45, 7) is -1.41. The number of aromatic nitrogens is 1. The summed E-state index contributed by atoms with van der Waals surface area (Å²) in [6.07, 6.45) is 3.97. The Labute approximate surface area is 150 Å². The molecule has 0 spiro atoms. The Hall–Kier alpha value is -2.70. The lowest BCUT2D eigenvalue weighted by Crippen LogP contribution is -2.32. The number of nitrogens with one attached hydrogen (secondary N) is 1. The van der Waals surface area contributed by atoms with Crippen LogP contribution in [0.25, 0.3) is 0 Å². The number of carbonyl (C=O) groups is 2. The van der Waals surface area contributed by atoms with E-state index in [1.165, 1.54) is 13.0 Å². The third-order valence-corrected chi connectivity index (χ3v) is 4.60. The summed E-state index contributed by atoms with van der Waals surface area (Å²) >= 11 is 0. The van der Waals surface area contributed by atoms with Crippen molar-refractivity contribution >= 4 is 11.7 Å². The van der Waals surface area contributed by atoms with Crippen LogP contribution in [0.1, 0.15) is 57.8 Å². The molecule has 138 valence electrons. The summed E-state index contributed by atoms with van der Waals surface area (Å²) in [5.74, 6) is -0.251. The van der Waals surface area contributed by atoms with Crippen LogP contribution in [0.4, 0.5) is 8.78 Å². The van der Waals surface area contributed by atoms with Gasteiger partial charge in [0.2, 0.25) is 0 Å². The second-order valence-electron chi connectivity index (χ2n) is 6.44. The molecule has 0 aliphatic heterocycles. The van der Waals surface area contributed by atoms with Crippen LogP contribution in [0.3, 0.4) is 0 Å². The van der Waals surface area contributed by atoms with Gasteiger partial charge in [-0.1, -0.05) is 6.07 Å². The lowest BCUT2D eigenvalue weighted by atomic mass is 9.87. The number of alkyl halides is 2. The van der Waals surface area contributed by atoms with Crippen LogP contribution in [-0.4, -0.2) is 22.9 Å². The molecule has 2 aromatic rings. The van der Waals surface area contributed by atoms with Crippen molar-refractivity contribution in [3.8, 4) is 5.75 Å². The third-order valence-electron chi connectivity index (χ3n) is 4.60. The van der Waals surface area contributed by atoms with Crippen molar-refractivity contribution in [2.24, 2.45) is 7.05 Å². The lowest BCUT2D eigenvalue weighted by molar-refractivity contribution is -0.0499. The Balaban J connectivity index is 1.79. The molecule has 1 amide bonds. The molecule has 1 aromatic heterocycles. The van der Waals surface area contributed by atoms with E-state index in [0.717, 1.165) is 30.4 Å². The maximum atomic E-state index is 12.6. The van der Waals surface area contributed by atoms with Crippen LogP contribution >= 0.6 is 0 Å². The van der Waals surface area contributed by atoms with Gasteiger partial charge in [-0.3, -0.25) is 9.59 Å². The van der Waals surface area contributed by atoms with Crippen LogP contribution in [0.15, 0.2) is 30.5 Å². The second kappa shape index (κ2) is 7.27. The van der Waals surface area contributed by atoms with Crippen LogP contribution in [-0.2, 0) is 13.5 Å². The van der Waals surface area contributed by atoms with E-state index in [1.807, 2.05) is 0 Å². The van der Waals surface area contributed by atoms with E-state index in [0.29, 0.717) is 11.3 Å². The second-order valence-corrected chi connectivity index (χ2v) is 6.44. The molecule has 0 bridgehead atoms. The molecule has 0 radical (unpaired) electrons. The Morgan fingerprint density at radius 2 is 2.08 bits per heavy atom. The molecule has 7 heteroatoms. The maximum Gasteiger partial charge on any atom is 0.387 e. The standard InChI is InChI=1S/C19H20F2N2O3/c1-11(24)13-9-17(23(2)10-13)18(25)22-16-5-3-4-12-8-14(26-19(20)21)6-7-15(12)16/h6-10,16,19H,3-5H2,1-2H3,(H,22,25)/t16-/m0/s1. The zero-order valence-electron chi connectivity index (χ0n) is 14.6. The SMILES string of the molecule is CC(=O)c1cc(C(=O)N[C@H]2CCCc3cc(OC(F)F)ccc32)n(C)c1. The molecule has 1 atom stereocenters. The van der Waals surface area contributed by atoms with E-state index in [9.17, 15) is 18.4 Å². The molecular weight excluding hydrogens is 342 g/mol. The Bertz CT molecular complexity index is 845. The van der Waals surface area contributed by atoms with Crippen molar-refractivity contribution in [3.63, 3.8) is 0 Å². The topological polar surface area (TPSA) is 60.3 Å². The van der Waals surface area contributed by atoms with Gasteiger partial charge in [0.25, 0.3) is 5.91 Å². The molecule has 1 heterocycles. The fourth-order valence-electron chi connectivity index (χ4n) is 3.33. The Kier molecular flexibility index (Phi) is 5.06. The largest absolute Gasteiger partial charge is 0.435 e. The number of Topliss-reactive ketones (excluding diaryl/α,β-unsaturated/α-hetero) is 1. The minimum atomic E-state index is -2.86. The summed E-state index contributed by atoms with van der Waals surface area (Å²) < 4.78 is 30.8. The molecule has 1 aliphatic carbocycles. The van der Waals surface area contributed by atoms with Crippen LogP contribution < -0.4 is 10.1 Å². The number of halogens is 2. The number of ketones is 1. The number of fused-ring (bicyclic) bond motifs is 1. The summed E-state index contributed by atoms with van der Waals surface area (Å²) in [7, 11) is 1.71. The van der Waals surface area contributed by atoms with Gasteiger partial charge in [0.05, 0.1) is 6.04 Å². The summed E-state index contributed by atoms with van der Waals surface area (Å²) in [5, 5.41) is 2.98. The van der Waals surface area contributed by atoms with E-state index in [2.05, 4.69) is 10.1 Å². The number of amides is 1. The number of ether oxygens (including phenoxy) is 1. The molecule has 0 saturated heterocycles. The predicted molar refractivity (Wildman–Crippen MR) is 91.6 cm³/mol. The fraction of sp³-hybridized carbons (Fsp3) is 0.368. The molecule has 0 unspecified atom stereocenters. The van der Waals surface area contributed by atoms with Gasteiger partial charge in [-0.05, 0) is 55.5 Å². The molecule has 5 nitrogen and oxygen atoms in total. The molecular formula is C19H20F2N2O3. The van der Waals surface area contributed by atoms with Gasteiger partial charge in [-0.25, -0.2) is 0 Å². The summed E-state index contributed by atoms with van der Waals surface area (Å²) in [5.41, 5.74) is 2.69.